The Labute approximate surface area is 106 Å². The Hall–Kier alpha value is -1.42. The molecule has 0 spiro atoms. The van der Waals surface area contributed by atoms with E-state index in [9.17, 15) is 4.79 Å². The monoisotopic (exact) mass is 257 g/mol. The van der Waals surface area contributed by atoms with Crippen molar-refractivity contribution in [1.82, 2.24) is 0 Å². The van der Waals surface area contributed by atoms with Crippen LogP contribution in [0, 0.1) is 5.41 Å². The highest BCUT2D eigenvalue weighted by Gasteiger charge is 2.26. The van der Waals surface area contributed by atoms with Crippen LogP contribution in [0.1, 0.15) is 13.8 Å². The molecule has 0 atom stereocenters. The lowest BCUT2D eigenvalue weighted by molar-refractivity contribution is -0.146. The normalized spacial score (nSPS) is 11.1. The summed E-state index contributed by atoms with van der Waals surface area (Å²) in [6.45, 7) is 3.65. The number of ether oxygens (including phenoxy) is 1. The molecule has 0 saturated heterocycles. The largest absolute Gasteiger partial charge is 0.495 e. The van der Waals surface area contributed by atoms with Gasteiger partial charge in [-0.1, -0.05) is 11.6 Å². The zero-order chi connectivity index (χ0) is 13.1. The molecule has 5 heteroatoms. The molecule has 1 aromatic carbocycles. The minimum absolute atomic E-state index is 0.327. The summed E-state index contributed by atoms with van der Waals surface area (Å²) in [7, 11) is 1.53. The van der Waals surface area contributed by atoms with Gasteiger partial charge in [-0.05, 0) is 26.0 Å². The van der Waals surface area contributed by atoms with Crippen LogP contribution in [0.2, 0.25) is 5.02 Å². The van der Waals surface area contributed by atoms with Gasteiger partial charge in [-0.25, -0.2) is 0 Å². The van der Waals surface area contributed by atoms with E-state index in [4.69, 9.17) is 21.4 Å². The van der Waals surface area contributed by atoms with E-state index in [1.54, 1.807) is 32.0 Å². The molecule has 4 nitrogen and oxygen atoms in total. The second-order valence-electron chi connectivity index (χ2n) is 4.39. The van der Waals surface area contributed by atoms with Crippen molar-refractivity contribution in [2.24, 2.45) is 5.41 Å². The molecule has 2 N–H and O–H groups in total. The van der Waals surface area contributed by atoms with Gasteiger partial charge in [0.1, 0.15) is 5.75 Å². The molecule has 94 valence electrons. The lowest BCUT2D eigenvalue weighted by Gasteiger charge is -2.20. The van der Waals surface area contributed by atoms with Crippen LogP contribution < -0.4 is 10.1 Å². The van der Waals surface area contributed by atoms with E-state index in [0.717, 1.165) is 5.69 Å². The van der Waals surface area contributed by atoms with Gasteiger partial charge in [-0.2, -0.15) is 0 Å². The molecule has 1 aromatic rings. The van der Waals surface area contributed by atoms with Crippen LogP contribution in [-0.4, -0.2) is 24.7 Å². The van der Waals surface area contributed by atoms with Crippen LogP contribution in [0.4, 0.5) is 5.69 Å². The van der Waals surface area contributed by atoms with Crippen LogP contribution in [0.5, 0.6) is 5.75 Å². The molecule has 0 amide bonds. The Balaban J connectivity index is 2.73. The molecule has 0 aromatic heterocycles. The summed E-state index contributed by atoms with van der Waals surface area (Å²) in [5.74, 6) is -0.282. The van der Waals surface area contributed by atoms with E-state index < -0.39 is 11.4 Å². The zero-order valence-corrected chi connectivity index (χ0v) is 10.8. The molecule has 0 heterocycles. The molecule has 0 fully saturated rings. The van der Waals surface area contributed by atoms with Gasteiger partial charge < -0.3 is 15.2 Å². The molecule has 0 aliphatic heterocycles. The first kappa shape index (κ1) is 13.6. The fourth-order valence-electron chi connectivity index (χ4n) is 1.17. The maximum atomic E-state index is 10.9. The lowest BCUT2D eigenvalue weighted by atomic mass is 9.94. The van der Waals surface area contributed by atoms with E-state index in [2.05, 4.69) is 5.32 Å². The lowest BCUT2D eigenvalue weighted by Crippen LogP contribution is -2.31. The van der Waals surface area contributed by atoms with Crippen LogP contribution in [0.15, 0.2) is 18.2 Å². The number of carboxylic acids is 1. The number of benzene rings is 1. The third-order valence-corrected chi connectivity index (χ3v) is 2.78. The van der Waals surface area contributed by atoms with E-state index in [-0.39, 0.29) is 0 Å². The maximum Gasteiger partial charge on any atom is 0.310 e. The SMILES string of the molecule is COc1cc(NCC(C)(C)C(=O)O)ccc1Cl. The molecule has 17 heavy (non-hydrogen) atoms. The molecular formula is C12H16ClNO3. The number of carboxylic acid groups (broad SMARTS) is 1. The third kappa shape index (κ3) is 3.53. The Bertz CT molecular complexity index is 418. The molecule has 1 rings (SSSR count). The molecule has 0 saturated carbocycles. The number of halogens is 1. The highest BCUT2D eigenvalue weighted by atomic mass is 35.5. The van der Waals surface area contributed by atoms with Gasteiger partial charge >= 0.3 is 5.97 Å². The van der Waals surface area contributed by atoms with E-state index in [0.29, 0.717) is 17.3 Å². The summed E-state index contributed by atoms with van der Waals surface area (Å²) in [6, 6.07) is 5.22. The molecule has 0 bridgehead atoms. The van der Waals surface area contributed by atoms with E-state index in [1.165, 1.54) is 7.11 Å². The number of rotatable bonds is 5. The van der Waals surface area contributed by atoms with Gasteiger partial charge in [-0.3, -0.25) is 4.79 Å². The standard InChI is InChI=1S/C12H16ClNO3/c1-12(2,11(15)16)7-14-8-4-5-9(13)10(6-8)17-3/h4-6,14H,7H2,1-3H3,(H,15,16). The van der Waals surface area contributed by atoms with Crippen molar-refractivity contribution in [3.63, 3.8) is 0 Å². The maximum absolute atomic E-state index is 10.9. The highest BCUT2D eigenvalue weighted by Crippen LogP contribution is 2.28. The number of hydrogen-bond acceptors (Lipinski definition) is 3. The predicted octanol–water partition coefficient (Wildman–Crippen LogP) is 2.87. The van der Waals surface area contributed by atoms with Gasteiger partial charge in [-0.15, -0.1) is 0 Å². The minimum atomic E-state index is -0.842. The second-order valence-corrected chi connectivity index (χ2v) is 4.80. The van der Waals surface area contributed by atoms with E-state index >= 15 is 0 Å². The van der Waals surface area contributed by atoms with Crippen molar-refractivity contribution in [1.29, 1.82) is 0 Å². The zero-order valence-electron chi connectivity index (χ0n) is 10.1. The molecular weight excluding hydrogens is 242 g/mol. The number of carbonyl (C=O) groups is 1. The fraction of sp³-hybridized carbons (Fsp3) is 0.417. The molecule has 0 aliphatic carbocycles. The molecule has 0 aliphatic rings. The van der Waals surface area contributed by atoms with Crippen molar-refractivity contribution < 1.29 is 14.6 Å². The summed E-state index contributed by atoms with van der Waals surface area (Å²) in [4.78, 5) is 10.9. The summed E-state index contributed by atoms with van der Waals surface area (Å²) in [5, 5.41) is 12.6. The Kier molecular flexibility index (Phi) is 4.23. The summed E-state index contributed by atoms with van der Waals surface area (Å²) >= 11 is 5.89. The molecule has 0 unspecified atom stereocenters. The van der Waals surface area contributed by atoms with Crippen LogP contribution in [0.3, 0.4) is 0 Å². The van der Waals surface area contributed by atoms with Gasteiger partial charge in [0.05, 0.1) is 17.5 Å². The summed E-state index contributed by atoms with van der Waals surface area (Å²) < 4.78 is 5.08. The molecule has 0 radical (unpaired) electrons. The van der Waals surface area contributed by atoms with Crippen molar-refractivity contribution in [2.75, 3.05) is 19.0 Å². The number of nitrogens with one attached hydrogen (secondary N) is 1. The minimum Gasteiger partial charge on any atom is -0.495 e. The number of aliphatic carboxylic acids is 1. The summed E-state index contributed by atoms with van der Waals surface area (Å²) in [6.07, 6.45) is 0. The van der Waals surface area contributed by atoms with Crippen molar-refractivity contribution in [2.45, 2.75) is 13.8 Å². The van der Waals surface area contributed by atoms with Crippen molar-refractivity contribution in [3.8, 4) is 5.75 Å². The highest BCUT2D eigenvalue weighted by molar-refractivity contribution is 6.32. The van der Waals surface area contributed by atoms with Crippen molar-refractivity contribution in [3.05, 3.63) is 23.2 Å². The van der Waals surface area contributed by atoms with Crippen LogP contribution in [-0.2, 0) is 4.79 Å². The first-order valence-electron chi connectivity index (χ1n) is 5.17. The first-order chi connectivity index (χ1) is 7.86. The van der Waals surface area contributed by atoms with Crippen LogP contribution in [0.25, 0.3) is 0 Å². The smallest absolute Gasteiger partial charge is 0.310 e. The summed E-state index contributed by atoms with van der Waals surface area (Å²) in [5.41, 5.74) is -0.0482. The number of hydrogen-bond donors (Lipinski definition) is 2. The van der Waals surface area contributed by atoms with Gasteiger partial charge in [0.2, 0.25) is 0 Å². The van der Waals surface area contributed by atoms with Crippen LogP contribution >= 0.6 is 11.6 Å². The number of anilines is 1. The van der Waals surface area contributed by atoms with E-state index in [1.807, 2.05) is 0 Å². The Morgan fingerprint density at radius 3 is 2.71 bits per heavy atom. The topological polar surface area (TPSA) is 58.6 Å². The average Bonchev–Trinajstić information content (AvgIpc) is 2.28. The quantitative estimate of drug-likeness (QED) is 0.852. The van der Waals surface area contributed by atoms with Gasteiger partial charge in [0.25, 0.3) is 0 Å². The fourth-order valence-corrected chi connectivity index (χ4v) is 1.36. The second kappa shape index (κ2) is 5.27. The first-order valence-corrected chi connectivity index (χ1v) is 5.55. The average molecular weight is 258 g/mol. The van der Waals surface area contributed by atoms with Gasteiger partial charge in [0, 0.05) is 18.3 Å². The van der Waals surface area contributed by atoms with Crippen molar-refractivity contribution >= 4 is 23.3 Å². The Morgan fingerprint density at radius 1 is 1.53 bits per heavy atom. The Morgan fingerprint density at radius 2 is 2.18 bits per heavy atom. The third-order valence-electron chi connectivity index (χ3n) is 2.46. The predicted molar refractivity (Wildman–Crippen MR) is 67.9 cm³/mol. The number of methoxy groups -OCH3 is 1. The van der Waals surface area contributed by atoms with Gasteiger partial charge in [0.15, 0.2) is 0 Å².